The monoisotopic (exact) mass is 465 g/mol. The molecule has 3 rings (SSSR count). The third-order valence-corrected chi connectivity index (χ3v) is 6.02. The third-order valence-electron chi connectivity index (χ3n) is 6.02. The number of piperidine rings is 1. The number of likely N-dealkylation sites (tertiary alicyclic amines) is 2. The first kappa shape index (κ1) is 24.3. The zero-order chi connectivity index (χ0) is 23.5. The van der Waals surface area contributed by atoms with Gasteiger partial charge >= 0.3 is 12.4 Å². The van der Waals surface area contributed by atoms with E-state index in [1.165, 1.54) is 12.1 Å². The lowest BCUT2D eigenvalue weighted by atomic mass is 9.96. The fourth-order valence-corrected chi connectivity index (χ4v) is 4.21. The van der Waals surface area contributed by atoms with Gasteiger partial charge in [0.25, 0.3) is 5.91 Å². The summed E-state index contributed by atoms with van der Waals surface area (Å²) in [6.45, 7) is 1.32. The summed E-state index contributed by atoms with van der Waals surface area (Å²) in [4.78, 5) is 27.3. The van der Waals surface area contributed by atoms with Crippen LogP contribution in [0.4, 0.5) is 26.3 Å². The van der Waals surface area contributed by atoms with E-state index in [9.17, 15) is 35.9 Å². The maximum absolute atomic E-state index is 13.1. The van der Waals surface area contributed by atoms with Gasteiger partial charge in [0.15, 0.2) is 0 Å². The highest BCUT2D eigenvalue weighted by Crippen LogP contribution is 2.33. The van der Waals surface area contributed by atoms with Crippen LogP contribution in [-0.2, 0) is 11.0 Å². The minimum Gasteiger partial charge on any atom is -0.352 e. The number of hydrogen-bond donors (Lipinski definition) is 1. The first-order valence-corrected chi connectivity index (χ1v) is 10.5. The predicted molar refractivity (Wildman–Crippen MR) is 104 cm³/mol. The van der Waals surface area contributed by atoms with Crippen LogP contribution in [0.5, 0.6) is 0 Å². The van der Waals surface area contributed by atoms with Gasteiger partial charge in [0.1, 0.15) is 6.04 Å². The molecule has 178 valence electrons. The summed E-state index contributed by atoms with van der Waals surface area (Å²) in [7, 11) is 0. The van der Waals surface area contributed by atoms with E-state index >= 15 is 0 Å². The number of alkyl halides is 6. The van der Waals surface area contributed by atoms with Gasteiger partial charge in [0.2, 0.25) is 5.91 Å². The molecule has 2 heterocycles. The Morgan fingerprint density at radius 2 is 1.69 bits per heavy atom. The summed E-state index contributed by atoms with van der Waals surface area (Å²) in [5.74, 6) is -1.05. The van der Waals surface area contributed by atoms with Crippen molar-refractivity contribution in [1.29, 1.82) is 0 Å². The first-order valence-electron chi connectivity index (χ1n) is 10.5. The molecule has 11 heteroatoms. The van der Waals surface area contributed by atoms with Crippen LogP contribution < -0.4 is 5.32 Å². The molecule has 1 aromatic carbocycles. The fraction of sp³-hybridized carbons (Fsp3) is 0.619. The Balaban J connectivity index is 1.43. The number of benzene rings is 1. The number of halogens is 6. The number of rotatable bonds is 5. The van der Waals surface area contributed by atoms with Crippen LogP contribution in [-0.4, -0.2) is 66.6 Å². The van der Waals surface area contributed by atoms with Gasteiger partial charge in [0.05, 0.1) is 12.1 Å². The van der Waals surface area contributed by atoms with E-state index in [1.54, 1.807) is 4.90 Å². The number of amides is 2. The van der Waals surface area contributed by atoms with Gasteiger partial charge in [0, 0.05) is 18.7 Å². The average molecular weight is 465 g/mol. The van der Waals surface area contributed by atoms with Gasteiger partial charge in [-0.25, -0.2) is 0 Å². The molecule has 0 aliphatic carbocycles. The quantitative estimate of drug-likeness (QED) is 0.675. The molecule has 0 radical (unpaired) electrons. The Bertz CT molecular complexity index is 818. The number of carbonyl (C=O) groups is 2. The highest BCUT2D eigenvalue weighted by Gasteiger charge is 2.47. The zero-order valence-corrected chi connectivity index (χ0v) is 17.3. The highest BCUT2D eigenvalue weighted by atomic mass is 19.4. The lowest BCUT2D eigenvalue weighted by Crippen LogP contribution is -2.49. The van der Waals surface area contributed by atoms with Gasteiger partial charge in [-0.05, 0) is 62.9 Å². The lowest BCUT2D eigenvalue weighted by Gasteiger charge is -2.34. The van der Waals surface area contributed by atoms with Crippen LogP contribution in [0.15, 0.2) is 24.3 Å². The molecule has 32 heavy (non-hydrogen) atoms. The van der Waals surface area contributed by atoms with Gasteiger partial charge in [-0.1, -0.05) is 6.07 Å². The molecule has 2 saturated heterocycles. The molecule has 1 N–H and O–H groups in total. The first-order chi connectivity index (χ1) is 14.9. The summed E-state index contributed by atoms with van der Waals surface area (Å²) >= 11 is 0. The molecule has 0 saturated carbocycles. The summed E-state index contributed by atoms with van der Waals surface area (Å²) in [5.41, 5.74) is -0.971. The molecule has 2 aliphatic heterocycles. The van der Waals surface area contributed by atoms with E-state index in [-0.39, 0.29) is 37.5 Å². The van der Waals surface area contributed by atoms with Crippen molar-refractivity contribution in [3.05, 3.63) is 35.4 Å². The van der Waals surface area contributed by atoms with Crippen molar-refractivity contribution in [2.45, 2.75) is 44.1 Å². The van der Waals surface area contributed by atoms with Crippen LogP contribution in [0.25, 0.3) is 0 Å². The van der Waals surface area contributed by atoms with Crippen LogP contribution in [0.2, 0.25) is 0 Å². The van der Waals surface area contributed by atoms with E-state index in [0.29, 0.717) is 32.4 Å². The van der Waals surface area contributed by atoms with Crippen molar-refractivity contribution in [2.24, 2.45) is 5.92 Å². The van der Waals surface area contributed by atoms with E-state index in [1.807, 2.05) is 0 Å². The van der Waals surface area contributed by atoms with Crippen LogP contribution in [0, 0.1) is 5.92 Å². The summed E-state index contributed by atoms with van der Waals surface area (Å²) in [6, 6.07) is 2.48. The number of carbonyl (C=O) groups excluding carboxylic acids is 2. The number of nitrogens with zero attached hydrogens (tertiary/aromatic N) is 2. The second-order valence-corrected chi connectivity index (χ2v) is 8.29. The second-order valence-electron chi connectivity index (χ2n) is 8.29. The summed E-state index contributed by atoms with van der Waals surface area (Å²) in [6.07, 6.45) is -7.43. The molecular formula is C21H25F6N3O2. The standard InChI is InChI=1S/C21H25F6N3O2/c22-20(23,24)16-4-1-3-15(11-16)19(32)28-12-14-6-9-29(10-7-14)13-18(31)30-8-2-5-17(30)21(25,26)27/h1,3-4,11,14,17H,2,5-10,12-13H2,(H,28,32)/t17-/m0/s1. The molecule has 0 spiro atoms. The van der Waals surface area contributed by atoms with E-state index in [2.05, 4.69) is 5.32 Å². The summed E-state index contributed by atoms with van der Waals surface area (Å²) < 4.78 is 77.6. The van der Waals surface area contributed by atoms with E-state index in [0.717, 1.165) is 17.0 Å². The summed E-state index contributed by atoms with van der Waals surface area (Å²) in [5, 5.41) is 2.65. The predicted octanol–water partition coefficient (Wildman–Crippen LogP) is 3.70. The van der Waals surface area contributed by atoms with E-state index < -0.39 is 35.8 Å². The van der Waals surface area contributed by atoms with Crippen LogP contribution in [0.1, 0.15) is 41.6 Å². The molecule has 1 aromatic rings. The molecule has 2 amide bonds. The van der Waals surface area contributed by atoms with Gasteiger partial charge in [-0.15, -0.1) is 0 Å². The fourth-order valence-electron chi connectivity index (χ4n) is 4.21. The minimum atomic E-state index is -4.53. The van der Waals surface area contributed by atoms with Crippen LogP contribution in [0.3, 0.4) is 0 Å². The molecule has 0 unspecified atom stereocenters. The van der Waals surface area contributed by atoms with Crippen molar-refractivity contribution in [3.63, 3.8) is 0 Å². The zero-order valence-electron chi connectivity index (χ0n) is 17.3. The van der Waals surface area contributed by atoms with Gasteiger partial charge in [-0.3, -0.25) is 14.5 Å². The SMILES string of the molecule is O=C(NCC1CCN(CC(=O)N2CCC[C@H]2C(F)(F)F)CC1)c1cccc(C(F)(F)F)c1. The van der Waals surface area contributed by atoms with Crippen molar-refractivity contribution in [3.8, 4) is 0 Å². The maximum Gasteiger partial charge on any atom is 0.416 e. The topological polar surface area (TPSA) is 52.7 Å². The Hall–Kier alpha value is -2.30. The average Bonchev–Trinajstić information content (AvgIpc) is 3.23. The lowest BCUT2D eigenvalue weighted by molar-refractivity contribution is -0.183. The smallest absolute Gasteiger partial charge is 0.352 e. The maximum atomic E-state index is 13.1. The van der Waals surface area contributed by atoms with Crippen molar-refractivity contribution in [1.82, 2.24) is 15.1 Å². The Kier molecular flexibility index (Phi) is 7.36. The van der Waals surface area contributed by atoms with Crippen molar-refractivity contribution in [2.75, 3.05) is 32.7 Å². The minimum absolute atomic E-state index is 0.0666. The molecule has 1 atom stereocenters. The van der Waals surface area contributed by atoms with Gasteiger partial charge < -0.3 is 10.2 Å². The van der Waals surface area contributed by atoms with Crippen LogP contribution >= 0.6 is 0 Å². The molecule has 5 nitrogen and oxygen atoms in total. The molecule has 2 aliphatic rings. The number of hydrogen-bond acceptors (Lipinski definition) is 3. The second kappa shape index (κ2) is 9.68. The Labute approximate surface area is 181 Å². The van der Waals surface area contributed by atoms with Gasteiger partial charge in [-0.2, -0.15) is 26.3 Å². The highest BCUT2D eigenvalue weighted by molar-refractivity contribution is 5.94. The Morgan fingerprint density at radius 1 is 1.00 bits per heavy atom. The number of nitrogens with one attached hydrogen (secondary N) is 1. The molecule has 2 fully saturated rings. The van der Waals surface area contributed by atoms with Crippen molar-refractivity contribution < 1.29 is 35.9 Å². The molecular weight excluding hydrogens is 440 g/mol. The normalized spacial score (nSPS) is 21.1. The molecule has 0 bridgehead atoms. The molecule has 0 aromatic heterocycles. The van der Waals surface area contributed by atoms with Crippen molar-refractivity contribution >= 4 is 11.8 Å². The van der Waals surface area contributed by atoms with E-state index in [4.69, 9.17) is 0 Å². The Morgan fingerprint density at radius 3 is 2.31 bits per heavy atom. The third kappa shape index (κ3) is 6.14. The largest absolute Gasteiger partial charge is 0.416 e.